The van der Waals surface area contributed by atoms with Gasteiger partial charge in [0.25, 0.3) is 0 Å². The highest BCUT2D eigenvalue weighted by Crippen LogP contribution is 2.19. The highest BCUT2D eigenvalue weighted by molar-refractivity contribution is 5.76. The number of ether oxygens (including phenoxy) is 1. The molecule has 0 rings (SSSR count). The second-order valence-corrected chi connectivity index (χ2v) is 23.2. The Morgan fingerprint density at radius 2 is 0.676 bits per heavy atom. The van der Waals surface area contributed by atoms with E-state index in [2.05, 4.69) is 43.5 Å². The Bertz CT molecular complexity index is 1150. The molecule has 0 aromatic heterocycles. The summed E-state index contributed by atoms with van der Waals surface area (Å²) in [6, 6.07) is -0.537. The van der Waals surface area contributed by atoms with E-state index < -0.39 is 12.1 Å². The molecule has 0 fully saturated rings. The van der Waals surface area contributed by atoms with Crippen LogP contribution in [0.5, 0.6) is 0 Å². The van der Waals surface area contributed by atoms with Gasteiger partial charge in [0.05, 0.1) is 25.4 Å². The van der Waals surface area contributed by atoms with Gasteiger partial charge in [-0.15, -0.1) is 0 Å². The second kappa shape index (κ2) is 63.9. The molecule has 0 bridgehead atoms. The minimum absolute atomic E-state index is 0.00641. The van der Waals surface area contributed by atoms with Crippen molar-refractivity contribution < 1.29 is 24.5 Å². The molecule has 0 aromatic rings. The molecular formula is C68H131NO5. The Labute approximate surface area is 462 Å². The van der Waals surface area contributed by atoms with Crippen molar-refractivity contribution in [3.8, 4) is 0 Å². The van der Waals surface area contributed by atoms with Gasteiger partial charge in [0.15, 0.2) is 0 Å². The number of esters is 1. The van der Waals surface area contributed by atoms with Crippen LogP contribution in [-0.2, 0) is 14.3 Å². The fourth-order valence-electron chi connectivity index (χ4n) is 10.6. The van der Waals surface area contributed by atoms with Gasteiger partial charge in [0.1, 0.15) is 0 Å². The first kappa shape index (κ1) is 72.3. The number of hydrogen-bond donors (Lipinski definition) is 3. The molecule has 0 radical (unpaired) electrons. The maximum Gasteiger partial charge on any atom is 0.305 e. The zero-order valence-corrected chi connectivity index (χ0v) is 50.1. The summed E-state index contributed by atoms with van der Waals surface area (Å²) in [6.45, 7) is 4.95. The topological polar surface area (TPSA) is 95.9 Å². The molecule has 0 aliphatic heterocycles. The summed E-state index contributed by atoms with van der Waals surface area (Å²) in [5.74, 6) is -0.0239. The molecule has 0 saturated heterocycles. The third kappa shape index (κ3) is 59.6. The SMILES string of the molecule is CCCCCC/C=C\C/C=C\CCCCCCCC(=O)OCCCCCCCCCCCCCCCCCCCCCCCCCCCCCCCC(=O)NC(CO)C(O)CCCCCCCCCCCCCC. The molecular weight excluding hydrogens is 911 g/mol. The van der Waals surface area contributed by atoms with Crippen LogP contribution in [0.2, 0.25) is 0 Å². The average Bonchev–Trinajstić information content (AvgIpc) is 3.40. The lowest BCUT2D eigenvalue weighted by Crippen LogP contribution is -2.45. The predicted octanol–water partition coefficient (Wildman–Crippen LogP) is 21.4. The van der Waals surface area contributed by atoms with Crippen LogP contribution in [0.3, 0.4) is 0 Å². The van der Waals surface area contributed by atoms with Crippen molar-refractivity contribution >= 4 is 11.9 Å². The van der Waals surface area contributed by atoms with Crippen LogP contribution in [-0.4, -0.2) is 47.4 Å². The number of carbonyl (C=O) groups is 2. The number of carbonyl (C=O) groups excluding carboxylic acids is 2. The van der Waals surface area contributed by atoms with Gasteiger partial charge in [0.2, 0.25) is 5.91 Å². The summed E-state index contributed by atoms with van der Waals surface area (Å²) in [5.41, 5.74) is 0. The molecule has 0 spiro atoms. The molecule has 0 aliphatic carbocycles. The summed E-state index contributed by atoms with van der Waals surface area (Å²) in [4.78, 5) is 24.5. The number of allylic oxidation sites excluding steroid dienone is 4. The molecule has 0 aromatic carbocycles. The normalized spacial score (nSPS) is 12.6. The van der Waals surface area contributed by atoms with Crippen molar-refractivity contribution in [1.29, 1.82) is 0 Å². The first-order chi connectivity index (χ1) is 36.5. The van der Waals surface area contributed by atoms with Crippen LogP contribution in [0.1, 0.15) is 373 Å². The van der Waals surface area contributed by atoms with E-state index in [9.17, 15) is 19.8 Å². The van der Waals surface area contributed by atoms with Gasteiger partial charge in [-0.3, -0.25) is 9.59 Å². The van der Waals surface area contributed by atoms with Gasteiger partial charge in [-0.25, -0.2) is 0 Å². The lowest BCUT2D eigenvalue weighted by atomic mass is 10.0. The third-order valence-corrected chi connectivity index (χ3v) is 15.8. The number of hydrogen-bond acceptors (Lipinski definition) is 5. The molecule has 3 N–H and O–H groups in total. The highest BCUT2D eigenvalue weighted by atomic mass is 16.5. The Morgan fingerprint density at radius 1 is 0.378 bits per heavy atom. The molecule has 438 valence electrons. The summed E-state index contributed by atoms with van der Waals surface area (Å²) in [6.07, 6.45) is 79.3. The molecule has 2 unspecified atom stereocenters. The Morgan fingerprint density at radius 3 is 1.04 bits per heavy atom. The fourth-order valence-corrected chi connectivity index (χ4v) is 10.6. The standard InChI is InChI=1S/C68H131NO5/c1-3-5-7-9-11-13-15-17-18-35-38-42-46-50-54-58-62-68(73)74-63-59-55-51-47-43-39-36-33-31-29-27-25-23-21-19-20-22-24-26-28-30-32-34-37-41-45-49-53-57-61-67(72)69-65(64-70)66(71)60-56-52-48-44-40-16-14-12-10-8-6-4-2/h13,15,18,35,65-66,70-71H,3-12,14,16-17,19-34,36-64H2,1-2H3,(H,69,72)/b15-13-,35-18-. The maximum absolute atomic E-state index is 12.5. The van der Waals surface area contributed by atoms with Crippen molar-refractivity contribution in [1.82, 2.24) is 5.32 Å². The summed E-state index contributed by atoms with van der Waals surface area (Å²) >= 11 is 0. The van der Waals surface area contributed by atoms with E-state index in [0.29, 0.717) is 25.9 Å². The van der Waals surface area contributed by atoms with Crippen LogP contribution in [0.15, 0.2) is 24.3 Å². The van der Waals surface area contributed by atoms with E-state index >= 15 is 0 Å². The minimum Gasteiger partial charge on any atom is -0.466 e. The predicted molar refractivity (Wildman–Crippen MR) is 324 cm³/mol. The molecule has 0 aliphatic rings. The summed E-state index contributed by atoms with van der Waals surface area (Å²) < 4.78 is 5.49. The third-order valence-electron chi connectivity index (χ3n) is 15.8. The van der Waals surface area contributed by atoms with E-state index in [0.717, 1.165) is 51.4 Å². The first-order valence-electron chi connectivity index (χ1n) is 33.6. The zero-order chi connectivity index (χ0) is 53.6. The Balaban J connectivity index is 3.32. The van der Waals surface area contributed by atoms with E-state index in [1.54, 1.807) is 0 Å². The van der Waals surface area contributed by atoms with Crippen LogP contribution in [0.4, 0.5) is 0 Å². The lowest BCUT2D eigenvalue weighted by Gasteiger charge is -2.22. The number of rotatable bonds is 63. The Hall–Kier alpha value is -1.66. The van der Waals surface area contributed by atoms with Gasteiger partial charge in [-0.2, -0.15) is 0 Å². The van der Waals surface area contributed by atoms with Gasteiger partial charge in [-0.05, 0) is 57.8 Å². The Kier molecular flexibility index (Phi) is 62.4. The van der Waals surface area contributed by atoms with Crippen molar-refractivity contribution in [3.63, 3.8) is 0 Å². The second-order valence-electron chi connectivity index (χ2n) is 23.2. The average molecular weight is 1040 g/mol. The molecule has 6 heteroatoms. The number of amides is 1. The number of aliphatic hydroxyl groups is 2. The highest BCUT2D eigenvalue weighted by Gasteiger charge is 2.20. The lowest BCUT2D eigenvalue weighted by molar-refractivity contribution is -0.143. The molecule has 74 heavy (non-hydrogen) atoms. The van der Waals surface area contributed by atoms with Crippen LogP contribution < -0.4 is 5.32 Å². The maximum atomic E-state index is 12.5. The molecule has 1 amide bonds. The van der Waals surface area contributed by atoms with Gasteiger partial charge in [-0.1, -0.05) is 327 Å². The van der Waals surface area contributed by atoms with Gasteiger partial charge >= 0.3 is 5.97 Å². The molecule has 0 heterocycles. The summed E-state index contributed by atoms with van der Waals surface area (Å²) in [7, 11) is 0. The van der Waals surface area contributed by atoms with E-state index in [4.69, 9.17) is 4.74 Å². The van der Waals surface area contributed by atoms with E-state index in [-0.39, 0.29) is 18.5 Å². The smallest absolute Gasteiger partial charge is 0.305 e. The van der Waals surface area contributed by atoms with Gasteiger partial charge in [0, 0.05) is 12.8 Å². The largest absolute Gasteiger partial charge is 0.466 e. The zero-order valence-electron chi connectivity index (χ0n) is 50.1. The van der Waals surface area contributed by atoms with Crippen LogP contribution in [0, 0.1) is 0 Å². The van der Waals surface area contributed by atoms with E-state index in [1.807, 2.05) is 0 Å². The quantitative estimate of drug-likeness (QED) is 0.0320. The van der Waals surface area contributed by atoms with Crippen LogP contribution in [0.25, 0.3) is 0 Å². The molecule has 0 saturated carbocycles. The number of nitrogens with one attached hydrogen (secondary N) is 1. The van der Waals surface area contributed by atoms with E-state index in [1.165, 1.54) is 289 Å². The summed E-state index contributed by atoms with van der Waals surface area (Å²) in [5, 5.41) is 23.2. The monoisotopic (exact) mass is 1040 g/mol. The number of aliphatic hydroxyl groups excluding tert-OH is 2. The van der Waals surface area contributed by atoms with Crippen molar-refractivity contribution in [2.45, 2.75) is 386 Å². The fraction of sp³-hybridized carbons (Fsp3) is 0.912. The van der Waals surface area contributed by atoms with Crippen molar-refractivity contribution in [3.05, 3.63) is 24.3 Å². The number of unbranched alkanes of at least 4 members (excludes halogenated alkanes) is 48. The molecule has 2 atom stereocenters. The minimum atomic E-state index is -0.660. The molecule has 6 nitrogen and oxygen atoms in total. The first-order valence-corrected chi connectivity index (χ1v) is 33.6. The van der Waals surface area contributed by atoms with Crippen molar-refractivity contribution in [2.24, 2.45) is 0 Å². The van der Waals surface area contributed by atoms with Crippen molar-refractivity contribution in [2.75, 3.05) is 13.2 Å². The van der Waals surface area contributed by atoms with Crippen LogP contribution >= 0.6 is 0 Å². The van der Waals surface area contributed by atoms with Gasteiger partial charge < -0.3 is 20.3 Å².